The van der Waals surface area contributed by atoms with Gasteiger partial charge in [-0.3, -0.25) is 0 Å². The van der Waals surface area contributed by atoms with Crippen LogP contribution in [0.5, 0.6) is 0 Å². The van der Waals surface area contributed by atoms with Crippen LogP contribution in [0.2, 0.25) is 0 Å². The number of aliphatic hydroxyl groups excluding tert-OH is 1. The molecule has 0 rings (SSSR count). The predicted molar refractivity (Wildman–Crippen MR) is 49.3 cm³/mol. The van der Waals surface area contributed by atoms with Crippen molar-refractivity contribution in [3.63, 3.8) is 0 Å². The molecule has 0 aromatic heterocycles. The first-order valence-corrected chi connectivity index (χ1v) is 5.02. The lowest BCUT2D eigenvalue weighted by Gasteiger charge is -2.10. The minimum Gasteiger partial charge on any atom is -0.389 e. The van der Waals surface area contributed by atoms with Crippen molar-refractivity contribution < 1.29 is 23.0 Å². The van der Waals surface area contributed by atoms with Gasteiger partial charge in [-0.25, -0.2) is 0 Å². The van der Waals surface area contributed by atoms with Crippen LogP contribution in [0.25, 0.3) is 0 Å². The van der Waals surface area contributed by atoms with E-state index in [0.717, 1.165) is 0 Å². The van der Waals surface area contributed by atoms with Gasteiger partial charge in [-0.15, -0.1) is 0 Å². The molecule has 14 heavy (non-hydrogen) atoms. The maximum atomic E-state index is 11.6. The second kappa shape index (κ2) is 7.33. The van der Waals surface area contributed by atoms with E-state index in [0.29, 0.717) is 0 Å². The summed E-state index contributed by atoms with van der Waals surface area (Å²) in [5.41, 5.74) is -4.17. The molecular formula is C7H14F3NO2S. The number of ether oxygens (including phenoxy) is 1. The van der Waals surface area contributed by atoms with E-state index in [1.807, 2.05) is 0 Å². The molecule has 0 radical (unpaired) electrons. The van der Waals surface area contributed by atoms with E-state index in [2.05, 4.69) is 10.1 Å². The Bertz CT molecular complexity index is 145. The van der Waals surface area contributed by atoms with Crippen LogP contribution in [0.4, 0.5) is 13.2 Å². The molecule has 7 heteroatoms. The zero-order valence-electron chi connectivity index (χ0n) is 7.80. The monoisotopic (exact) mass is 233 g/mol. The van der Waals surface area contributed by atoms with Gasteiger partial charge in [0.05, 0.1) is 12.7 Å². The van der Waals surface area contributed by atoms with Gasteiger partial charge in [-0.05, 0) is 11.8 Å². The molecule has 0 aliphatic rings. The Labute approximate surface area is 85.0 Å². The highest BCUT2D eigenvalue weighted by Crippen LogP contribution is 2.29. The largest absolute Gasteiger partial charge is 0.441 e. The second-order valence-electron chi connectivity index (χ2n) is 2.61. The highest BCUT2D eigenvalue weighted by Gasteiger charge is 2.27. The number of aliphatic hydroxyl groups is 1. The first-order valence-electron chi connectivity index (χ1n) is 4.04. The van der Waals surface area contributed by atoms with Gasteiger partial charge in [0.15, 0.2) is 0 Å². The Balaban J connectivity index is 3.21. The number of halogens is 3. The highest BCUT2D eigenvalue weighted by molar-refractivity contribution is 8.00. The SMILES string of the molecule is COCC(O)CNCCSC(F)(F)F. The average molecular weight is 233 g/mol. The average Bonchev–Trinajstić information content (AvgIpc) is 2.02. The summed E-state index contributed by atoms with van der Waals surface area (Å²) in [7, 11) is 1.45. The van der Waals surface area contributed by atoms with Crippen molar-refractivity contribution in [2.75, 3.05) is 32.6 Å². The first kappa shape index (κ1) is 14.0. The summed E-state index contributed by atoms with van der Waals surface area (Å²) in [4.78, 5) is 0. The maximum Gasteiger partial charge on any atom is 0.441 e. The third-order valence-corrected chi connectivity index (χ3v) is 2.02. The third-order valence-electron chi connectivity index (χ3n) is 1.28. The number of thioether (sulfide) groups is 1. The summed E-state index contributed by atoms with van der Waals surface area (Å²) in [5, 5.41) is 11.8. The van der Waals surface area contributed by atoms with Gasteiger partial charge < -0.3 is 15.2 Å². The zero-order chi connectivity index (χ0) is 11.0. The lowest BCUT2D eigenvalue weighted by Crippen LogP contribution is -2.31. The quantitative estimate of drug-likeness (QED) is 0.639. The molecule has 1 atom stereocenters. The van der Waals surface area contributed by atoms with Crippen molar-refractivity contribution in [1.29, 1.82) is 0 Å². The third kappa shape index (κ3) is 10.1. The Kier molecular flexibility index (Phi) is 7.34. The molecule has 0 aliphatic heterocycles. The minimum atomic E-state index is -4.17. The molecular weight excluding hydrogens is 219 g/mol. The fourth-order valence-corrected chi connectivity index (χ4v) is 1.24. The van der Waals surface area contributed by atoms with Crippen molar-refractivity contribution in [3.8, 4) is 0 Å². The minimum absolute atomic E-state index is 0.0524. The molecule has 0 amide bonds. The fraction of sp³-hybridized carbons (Fsp3) is 1.00. The Hall–Kier alpha value is 0.0200. The van der Waals surface area contributed by atoms with E-state index in [-0.39, 0.29) is 37.2 Å². The zero-order valence-corrected chi connectivity index (χ0v) is 8.62. The van der Waals surface area contributed by atoms with Crippen LogP contribution in [-0.2, 0) is 4.74 Å². The number of hydrogen-bond donors (Lipinski definition) is 2. The van der Waals surface area contributed by atoms with Crippen LogP contribution < -0.4 is 5.32 Å². The maximum absolute atomic E-state index is 11.6. The molecule has 0 fully saturated rings. The molecule has 3 nitrogen and oxygen atoms in total. The van der Waals surface area contributed by atoms with Gasteiger partial charge in [0.2, 0.25) is 0 Å². The van der Waals surface area contributed by atoms with E-state index in [1.54, 1.807) is 0 Å². The topological polar surface area (TPSA) is 41.5 Å². The molecule has 0 aromatic carbocycles. The molecule has 0 saturated heterocycles. The summed E-state index contributed by atoms with van der Waals surface area (Å²) >= 11 is -0.0768. The fourth-order valence-electron chi connectivity index (χ4n) is 0.759. The van der Waals surface area contributed by atoms with Gasteiger partial charge in [0.25, 0.3) is 0 Å². The van der Waals surface area contributed by atoms with Crippen LogP contribution in [0.15, 0.2) is 0 Å². The van der Waals surface area contributed by atoms with Gasteiger partial charge >= 0.3 is 5.51 Å². The summed E-state index contributed by atoms with van der Waals surface area (Å²) in [6, 6.07) is 0. The summed E-state index contributed by atoms with van der Waals surface area (Å²) in [6.07, 6.45) is -0.670. The summed E-state index contributed by atoms with van der Waals surface area (Å²) < 4.78 is 39.5. The van der Waals surface area contributed by atoms with Crippen LogP contribution in [-0.4, -0.2) is 49.3 Å². The number of rotatable bonds is 7. The van der Waals surface area contributed by atoms with E-state index in [9.17, 15) is 13.2 Å². The van der Waals surface area contributed by atoms with E-state index >= 15 is 0 Å². The molecule has 0 aliphatic carbocycles. The van der Waals surface area contributed by atoms with E-state index in [4.69, 9.17) is 5.11 Å². The summed E-state index contributed by atoms with van der Waals surface area (Å²) in [5.74, 6) is -0.0524. The standard InChI is InChI=1S/C7H14F3NO2S/c1-13-5-6(12)4-11-2-3-14-7(8,9)10/h6,11-12H,2-5H2,1H3. The molecule has 0 saturated carbocycles. The van der Waals surface area contributed by atoms with E-state index in [1.165, 1.54) is 7.11 Å². The van der Waals surface area contributed by atoms with Crippen molar-refractivity contribution in [2.24, 2.45) is 0 Å². The van der Waals surface area contributed by atoms with Crippen molar-refractivity contribution >= 4 is 11.8 Å². The predicted octanol–water partition coefficient (Wildman–Crippen LogP) is 0.836. The highest BCUT2D eigenvalue weighted by atomic mass is 32.2. The molecule has 0 heterocycles. The molecule has 0 bridgehead atoms. The Morgan fingerprint density at radius 1 is 1.50 bits per heavy atom. The molecule has 0 spiro atoms. The molecule has 0 aromatic rings. The van der Waals surface area contributed by atoms with Crippen molar-refractivity contribution in [1.82, 2.24) is 5.32 Å². The molecule has 1 unspecified atom stereocenters. The second-order valence-corrected chi connectivity index (χ2v) is 3.77. The van der Waals surface area contributed by atoms with Gasteiger partial charge in [0, 0.05) is 26.0 Å². The lowest BCUT2D eigenvalue weighted by atomic mass is 10.4. The molecule has 2 N–H and O–H groups in total. The Morgan fingerprint density at radius 3 is 2.64 bits per heavy atom. The smallest absolute Gasteiger partial charge is 0.389 e. The van der Waals surface area contributed by atoms with Crippen LogP contribution >= 0.6 is 11.8 Å². The number of hydrogen-bond acceptors (Lipinski definition) is 4. The number of methoxy groups -OCH3 is 1. The summed E-state index contributed by atoms with van der Waals surface area (Å²) in [6.45, 7) is 0.636. The van der Waals surface area contributed by atoms with Crippen LogP contribution in [0, 0.1) is 0 Å². The van der Waals surface area contributed by atoms with Crippen LogP contribution in [0.3, 0.4) is 0 Å². The van der Waals surface area contributed by atoms with Crippen LogP contribution in [0.1, 0.15) is 0 Å². The van der Waals surface area contributed by atoms with Crippen molar-refractivity contribution in [2.45, 2.75) is 11.6 Å². The van der Waals surface area contributed by atoms with Crippen molar-refractivity contribution in [3.05, 3.63) is 0 Å². The number of nitrogens with one attached hydrogen (secondary N) is 1. The lowest BCUT2D eigenvalue weighted by molar-refractivity contribution is -0.0327. The molecule has 86 valence electrons. The van der Waals surface area contributed by atoms with Gasteiger partial charge in [-0.2, -0.15) is 13.2 Å². The van der Waals surface area contributed by atoms with Gasteiger partial charge in [0.1, 0.15) is 0 Å². The first-order chi connectivity index (χ1) is 6.45. The normalized spacial score (nSPS) is 14.4. The number of alkyl halides is 3. The van der Waals surface area contributed by atoms with E-state index < -0.39 is 11.6 Å². The van der Waals surface area contributed by atoms with Gasteiger partial charge in [-0.1, -0.05) is 0 Å². The Morgan fingerprint density at radius 2 is 2.14 bits per heavy atom.